The van der Waals surface area contributed by atoms with Gasteiger partial charge in [0.2, 0.25) is 0 Å². The minimum absolute atomic E-state index is 0.190. The Kier molecular flexibility index (Phi) is 4.66. The van der Waals surface area contributed by atoms with Crippen molar-refractivity contribution in [1.29, 1.82) is 0 Å². The summed E-state index contributed by atoms with van der Waals surface area (Å²) in [5.41, 5.74) is 3.77. The SMILES string of the molecule is Cc1[nH]c2ccccc2c1CN1CCN(C(=O)c2ccc(F)c(F)c2)CC1. The average molecular weight is 369 g/mol. The summed E-state index contributed by atoms with van der Waals surface area (Å²) >= 11 is 0. The number of aromatic nitrogens is 1. The lowest BCUT2D eigenvalue weighted by atomic mass is 10.1. The number of halogens is 2. The number of aryl methyl sites for hydroxylation is 1. The number of amides is 1. The van der Waals surface area contributed by atoms with E-state index in [0.717, 1.165) is 43.0 Å². The summed E-state index contributed by atoms with van der Waals surface area (Å²) in [4.78, 5) is 20.0. The number of fused-ring (bicyclic) bond motifs is 1. The van der Waals surface area contributed by atoms with Gasteiger partial charge in [0.25, 0.3) is 5.91 Å². The van der Waals surface area contributed by atoms with Gasteiger partial charge in [0.1, 0.15) is 0 Å². The summed E-state index contributed by atoms with van der Waals surface area (Å²) in [6.07, 6.45) is 0. The van der Waals surface area contributed by atoms with Gasteiger partial charge in [-0.2, -0.15) is 0 Å². The molecule has 4 rings (SSSR count). The molecule has 1 aliphatic rings. The van der Waals surface area contributed by atoms with Crippen LogP contribution >= 0.6 is 0 Å². The van der Waals surface area contributed by atoms with Gasteiger partial charge in [-0.05, 0) is 36.8 Å². The topological polar surface area (TPSA) is 39.3 Å². The van der Waals surface area contributed by atoms with Gasteiger partial charge in [-0.15, -0.1) is 0 Å². The van der Waals surface area contributed by atoms with Crippen LogP contribution in [-0.4, -0.2) is 46.9 Å². The Hall–Kier alpha value is -2.73. The highest BCUT2D eigenvalue weighted by atomic mass is 19.2. The zero-order valence-corrected chi connectivity index (χ0v) is 15.1. The maximum atomic E-state index is 13.4. The van der Waals surface area contributed by atoms with Gasteiger partial charge >= 0.3 is 0 Å². The number of hydrogen-bond donors (Lipinski definition) is 1. The van der Waals surface area contributed by atoms with Gasteiger partial charge < -0.3 is 9.88 Å². The van der Waals surface area contributed by atoms with Crippen molar-refractivity contribution in [3.05, 3.63) is 70.9 Å². The van der Waals surface area contributed by atoms with Crippen molar-refractivity contribution in [2.75, 3.05) is 26.2 Å². The molecule has 4 nitrogen and oxygen atoms in total. The normalized spacial score (nSPS) is 15.4. The molecular formula is C21H21F2N3O. The van der Waals surface area contributed by atoms with Crippen LogP contribution in [0.15, 0.2) is 42.5 Å². The number of H-pyrrole nitrogens is 1. The van der Waals surface area contributed by atoms with Gasteiger partial charge in [0.05, 0.1) is 0 Å². The van der Waals surface area contributed by atoms with Crippen molar-refractivity contribution < 1.29 is 13.6 Å². The molecule has 0 unspecified atom stereocenters. The van der Waals surface area contributed by atoms with E-state index in [0.29, 0.717) is 13.1 Å². The first kappa shape index (κ1) is 17.7. The molecule has 1 aliphatic heterocycles. The molecule has 2 heterocycles. The molecule has 0 aliphatic carbocycles. The summed E-state index contributed by atoms with van der Waals surface area (Å²) in [6.45, 7) is 5.53. The predicted octanol–water partition coefficient (Wildman–Crippen LogP) is 3.71. The molecule has 1 saturated heterocycles. The molecule has 3 aromatic rings. The molecule has 0 atom stereocenters. The van der Waals surface area contributed by atoms with Crippen LogP contribution in [0, 0.1) is 18.6 Å². The Morgan fingerprint density at radius 2 is 1.78 bits per heavy atom. The zero-order valence-electron chi connectivity index (χ0n) is 15.1. The Morgan fingerprint density at radius 3 is 2.52 bits per heavy atom. The van der Waals surface area contributed by atoms with Gasteiger partial charge in [-0.25, -0.2) is 8.78 Å². The highest BCUT2D eigenvalue weighted by molar-refractivity contribution is 5.94. The van der Waals surface area contributed by atoms with Crippen molar-refractivity contribution >= 4 is 16.8 Å². The first-order chi connectivity index (χ1) is 13.0. The molecule has 0 saturated carbocycles. The molecule has 1 N–H and O–H groups in total. The number of para-hydroxylation sites is 1. The van der Waals surface area contributed by atoms with Crippen molar-refractivity contribution in [2.24, 2.45) is 0 Å². The molecule has 0 spiro atoms. The number of nitrogens with zero attached hydrogens (tertiary/aromatic N) is 2. The van der Waals surface area contributed by atoms with Crippen LogP contribution in [-0.2, 0) is 6.54 Å². The summed E-state index contributed by atoms with van der Waals surface area (Å²) in [5, 5.41) is 1.23. The van der Waals surface area contributed by atoms with E-state index in [2.05, 4.69) is 28.9 Å². The van der Waals surface area contributed by atoms with Crippen LogP contribution in [0.25, 0.3) is 10.9 Å². The largest absolute Gasteiger partial charge is 0.358 e. The van der Waals surface area contributed by atoms with E-state index in [1.807, 2.05) is 12.1 Å². The van der Waals surface area contributed by atoms with Gasteiger partial charge in [0, 0.05) is 54.9 Å². The molecule has 2 aromatic carbocycles. The number of carbonyl (C=O) groups excluding carboxylic acids is 1. The van der Waals surface area contributed by atoms with E-state index in [1.165, 1.54) is 17.0 Å². The second-order valence-corrected chi connectivity index (χ2v) is 6.97. The molecular weight excluding hydrogens is 348 g/mol. The van der Waals surface area contributed by atoms with E-state index in [4.69, 9.17) is 0 Å². The average Bonchev–Trinajstić information content (AvgIpc) is 2.99. The predicted molar refractivity (Wildman–Crippen MR) is 101 cm³/mol. The van der Waals surface area contributed by atoms with E-state index >= 15 is 0 Å². The summed E-state index contributed by atoms with van der Waals surface area (Å²) in [6, 6.07) is 11.6. The molecule has 0 radical (unpaired) electrons. The molecule has 27 heavy (non-hydrogen) atoms. The van der Waals surface area contributed by atoms with Gasteiger partial charge in [0.15, 0.2) is 11.6 Å². The molecule has 1 aromatic heterocycles. The number of rotatable bonds is 3. The van der Waals surface area contributed by atoms with Crippen molar-refractivity contribution in [3.8, 4) is 0 Å². The molecule has 1 fully saturated rings. The van der Waals surface area contributed by atoms with Crippen molar-refractivity contribution in [2.45, 2.75) is 13.5 Å². The highest BCUT2D eigenvalue weighted by Gasteiger charge is 2.24. The van der Waals surface area contributed by atoms with Gasteiger partial charge in [-0.3, -0.25) is 9.69 Å². The lowest BCUT2D eigenvalue weighted by Gasteiger charge is -2.34. The Labute approximate surface area is 156 Å². The second kappa shape index (κ2) is 7.12. The van der Waals surface area contributed by atoms with E-state index in [-0.39, 0.29) is 11.5 Å². The number of aromatic amines is 1. The third kappa shape index (κ3) is 3.45. The fourth-order valence-corrected chi connectivity index (χ4v) is 3.68. The number of piperazine rings is 1. The lowest BCUT2D eigenvalue weighted by Crippen LogP contribution is -2.48. The summed E-state index contributed by atoms with van der Waals surface area (Å²) in [5.74, 6) is -2.18. The summed E-state index contributed by atoms with van der Waals surface area (Å²) < 4.78 is 26.5. The van der Waals surface area contributed by atoms with Crippen molar-refractivity contribution in [1.82, 2.24) is 14.8 Å². The van der Waals surface area contributed by atoms with E-state index in [1.54, 1.807) is 4.90 Å². The minimum Gasteiger partial charge on any atom is -0.358 e. The van der Waals surface area contributed by atoms with Crippen LogP contribution in [0.4, 0.5) is 8.78 Å². The van der Waals surface area contributed by atoms with Crippen LogP contribution in [0.3, 0.4) is 0 Å². The maximum absolute atomic E-state index is 13.4. The fourth-order valence-electron chi connectivity index (χ4n) is 3.68. The second-order valence-electron chi connectivity index (χ2n) is 6.97. The quantitative estimate of drug-likeness (QED) is 0.764. The number of carbonyl (C=O) groups is 1. The zero-order chi connectivity index (χ0) is 19.0. The molecule has 0 bridgehead atoms. The third-order valence-corrected chi connectivity index (χ3v) is 5.23. The van der Waals surface area contributed by atoms with E-state index < -0.39 is 11.6 Å². The first-order valence-electron chi connectivity index (χ1n) is 9.06. The van der Waals surface area contributed by atoms with Crippen LogP contribution < -0.4 is 0 Å². The third-order valence-electron chi connectivity index (χ3n) is 5.23. The van der Waals surface area contributed by atoms with Crippen LogP contribution in [0.1, 0.15) is 21.6 Å². The van der Waals surface area contributed by atoms with E-state index in [9.17, 15) is 13.6 Å². The first-order valence-corrected chi connectivity index (χ1v) is 9.06. The Balaban J connectivity index is 1.42. The maximum Gasteiger partial charge on any atom is 0.254 e. The highest BCUT2D eigenvalue weighted by Crippen LogP contribution is 2.24. The standard InChI is InChI=1S/C21H21F2N3O/c1-14-17(16-4-2-3-5-20(16)24-14)13-25-8-10-26(11-9-25)21(27)15-6-7-18(22)19(23)12-15/h2-7,12,24H,8-11,13H2,1H3. The van der Waals surface area contributed by atoms with Gasteiger partial charge in [-0.1, -0.05) is 18.2 Å². The molecule has 1 amide bonds. The fraction of sp³-hybridized carbons (Fsp3) is 0.286. The summed E-state index contributed by atoms with van der Waals surface area (Å²) in [7, 11) is 0. The number of nitrogens with one attached hydrogen (secondary N) is 1. The van der Waals surface area contributed by atoms with Crippen molar-refractivity contribution in [3.63, 3.8) is 0 Å². The number of benzene rings is 2. The monoisotopic (exact) mass is 369 g/mol. The lowest BCUT2D eigenvalue weighted by molar-refractivity contribution is 0.0628. The number of hydrogen-bond acceptors (Lipinski definition) is 2. The minimum atomic E-state index is -0.991. The van der Waals surface area contributed by atoms with Crippen LogP contribution in [0.5, 0.6) is 0 Å². The Bertz CT molecular complexity index is 990. The van der Waals surface area contributed by atoms with Crippen LogP contribution in [0.2, 0.25) is 0 Å². The molecule has 140 valence electrons. The molecule has 6 heteroatoms. The smallest absolute Gasteiger partial charge is 0.254 e. The Morgan fingerprint density at radius 1 is 1.04 bits per heavy atom.